The third-order valence-corrected chi connectivity index (χ3v) is 5.19. The van der Waals surface area contributed by atoms with Crippen molar-refractivity contribution in [2.75, 3.05) is 20.3 Å². The molecule has 0 radical (unpaired) electrons. The van der Waals surface area contributed by atoms with Crippen molar-refractivity contribution in [2.24, 2.45) is 0 Å². The van der Waals surface area contributed by atoms with Gasteiger partial charge in [0.05, 0.1) is 19.5 Å². The average Bonchev–Trinajstić information content (AvgIpc) is 3.32. The van der Waals surface area contributed by atoms with Gasteiger partial charge in [0.25, 0.3) is 11.8 Å². The van der Waals surface area contributed by atoms with Crippen molar-refractivity contribution in [3.63, 3.8) is 0 Å². The molecule has 2 N–H and O–H groups in total. The zero-order valence-corrected chi connectivity index (χ0v) is 17.9. The highest BCUT2D eigenvalue weighted by Gasteiger charge is 2.16. The molecule has 3 rings (SSSR count). The minimum Gasteiger partial charge on any atom is -0.497 e. The number of hydrogen-bond acceptors (Lipinski definition) is 5. The van der Waals surface area contributed by atoms with Crippen LogP contribution in [0.15, 0.2) is 52.8 Å². The number of hydrogen-bond donors (Lipinski definition) is 2. The Morgan fingerprint density at radius 3 is 2.58 bits per heavy atom. The summed E-state index contributed by atoms with van der Waals surface area (Å²) in [7, 11) is 1.56. The van der Waals surface area contributed by atoms with Gasteiger partial charge < -0.3 is 24.5 Å². The summed E-state index contributed by atoms with van der Waals surface area (Å²) in [4.78, 5) is 25.3. The summed E-state index contributed by atoms with van der Waals surface area (Å²) in [6, 6.07) is 10.1. The first-order valence-corrected chi connectivity index (χ1v) is 10.8. The summed E-state index contributed by atoms with van der Waals surface area (Å²) in [6.45, 7) is 1.07. The van der Waals surface area contributed by atoms with Gasteiger partial charge in [-0.3, -0.25) is 9.59 Å². The minimum absolute atomic E-state index is 0.115. The lowest BCUT2D eigenvalue weighted by Gasteiger charge is -2.22. The molecule has 31 heavy (non-hydrogen) atoms. The Labute approximate surface area is 182 Å². The van der Waals surface area contributed by atoms with Gasteiger partial charge in [0, 0.05) is 24.8 Å². The van der Waals surface area contributed by atoms with E-state index in [-0.39, 0.29) is 11.6 Å². The normalized spacial score (nSPS) is 14.8. The summed E-state index contributed by atoms with van der Waals surface area (Å²) in [5, 5.41) is 5.52. The van der Waals surface area contributed by atoms with E-state index in [0.29, 0.717) is 42.7 Å². The topological polar surface area (TPSA) is 89.8 Å². The number of carbonyl (C=O) groups is 2. The predicted molar refractivity (Wildman–Crippen MR) is 118 cm³/mol. The average molecular weight is 427 g/mol. The van der Waals surface area contributed by atoms with Crippen LogP contribution in [0.3, 0.4) is 0 Å². The van der Waals surface area contributed by atoms with E-state index in [2.05, 4.69) is 10.6 Å². The van der Waals surface area contributed by atoms with Gasteiger partial charge in [0.1, 0.15) is 17.2 Å². The van der Waals surface area contributed by atoms with Crippen LogP contribution in [0.5, 0.6) is 5.75 Å². The van der Waals surface area contributed by atoms with Crippen molar-refractivity contribution in [2.45, 2.75) is 44.6 Å². The fraction of sp³-hybridized carbons (Fsp3) is 0.417. The van der Waals surface area contributed by atoms with Gasteiger partial charge in [-0.15, -0.1) is 0 Å². The molecule has 2 amide bonds. The quantitative estimate of drug-likeness (QED) is 0.444. The Morgan fingerprint density at radius 1 is 1.13 bits per heavy atom. The summed E-state index contributed by atoms with van der Waals surface area (Å²) in [5.41, 5.74) is 0.531. The van der Waals surface area contributed by atoms with E-state index in [1.807, 2.05) is 0 Å². The van der Waals surface area contributed by atoms with Crippen LogP contribution in [0.1, 0.15) is 54.6 Å². The van der Waals surface area contributed by atoms with Crippen molar-refractivity contribution in [1.29, 1.82) is 0 Å². The van der Waals surface area contributed by atoms with E-state index < -0.39 is 5.91 Å². The Morgan fingerprint density at radius 2 is 1.90 bits per heavy atom. The maximum Gasteiger partial charge on any atom is 0.267 e. The second-order valence-electron chi connectivity index (χ2n) is 7.50. The molecule has 1 aliphatic carbocycles. The molecule has 0 unspecified atom stereocenters. The van der Waals surface area contributed by atoms with Gasteiger partial charge in [0.15, 0.2) is 0 Å². The van der Waals surface area contributed by atoms with Gasteiger partial charge in [-0.1, -0.05) is 19.3 Å². The zero-order valence-electron chi connectivity index (χ0n) is 17.9. The minimum atomic E-state index is -0.392. The molecule has 1 saturated carbocycles. The molecule has 0 aliphatic heterocycles. The third-order valence-electron chi connectivity index (χ3n) is 5.19. The largest absolute Gasteiger partial charge is 0.497 e. The van der Waals surface area contributed by atoms with Gasteiger partial charge in [-0.2, -0.15) is 0 Å². The lowest BCUT2D eigenvalue weighted by Crippen LogP contribution is -2.35. The standard InChI is InChI=1S/C24H30N2O5/c1-29-19-12-10-18(11-13-19)23(27)26-22(17-21-9-5-15-31-21)24(28)25-14-6-16-30-20-7-3-2-4-8-20/h5,9-13,15,17,20H,2-4,6-8,14,16H2,1H3,(H,25,28)(H,26,27)/b22-17-. The van der Waals surface area contributed by atoms with Crippen LogP contribution < -0.4 is 15.4 Å². The second-order valence-corrected chi connectivity index (χ2v) is 7.50. The second kappa shape index (κ2) is 12.0. The van der Waals surface area contributed by atoms with Gasteiger partial charge in [-0.05, 0) is 55.7 Å². The van der Waals surface area contributed by atoms with Crippen LogP contribution in [0.2, 0.25) is 0 Å². The molecule has 0 bridgehead atoms. The smallest absolute Gasteiger partial charge is 0.267 e. The number of carbonyl (C=O) groups excluding carboxylic acids is 2. The molecule has 0 saturated heterocycles. The van der Waals surface area contributed by atoms with E-state index in [1.54, 1.807) is 43.5 Å². The van der Waals surface area contributed by atoms with E-state index in [4.69, 9.17) is 13.9 Å². The van der Waals surface area contributed by atoms with Crippen molar-refractivity contribution in [3.8, 4) is 5.75 Å². The highest BCUT2D eigenvalue weighted by atomic mass is 16.5. The first-order chi connectivity index (χ1) is 15.2. The van der Waals surface area contributed by atoms with Crippen LogP contribution in [-0.4, -0.2) is 38.2 Å². The molecular formula is C24H30N2O5. The highest BCUT2D eigenvalue weighted by molar-refractivity contribution is 6.05. The maximum atomic E-state index is 12.7. The van der Waals surface area contributed by atoms with Crippen molar-refractivity contribution in [3.05, 3.63) is 59.7 Å². The van der Waals surface area contributed by atoms with Crippen LogP contribution >= 0.6 is 0 Å². The molecule has 7 nitrogen and oxygen atoms in total. The van der Waals surface area contributed by atoms with E-state index >= 15 is 0 Å². The molecule has 0 spiro atoms. The third kappa shape index (κ3) is 7.29. The summed E-state index contributed by atoms with van der Waals surface area (Å²) < 4.78 is 16.3. The number of nitrogens with one attached hydrogen (secondary N) is 2. The van der Waals surface area contributed by atoms with Gasteiger partial charge >= 0.3 is 0 Å². The SMILES string of the molecule is COc1ccc(C(=O)N/C(=C\c2ccco2)C(=O)NCCCOC2CCCCC2)cc1. The Bertz CT molecular complexity index is 853. The first-order valence-electron chi connectivity index (χ1n) is 10.8. The molecule has 1 aliphatic rings. The van der Waals surface area contributed by atoms with Gasteiger partial charge in [0.2, 0.25) is 0 Å². The van der Waals surface area contributed by atoms with Crippen LogP contribution in [0.25, 0.3) is 6.08 Å². The maximum absolute atomic E-state index is 12.7. The van der Waals surface area contributed by atoms with Crippen LogP contribution in [-0.2, 0) is 9.53 Å². The molecule has 1 heterocycles. The Hall–Kier alpha value is -3.06. The highest BCUT2D eigenvalue weighted by Crippen LogP contribution is 2.20. The zero-order chi connectivity index (χ0) is 21.9. The van der Waals surface area contributed by atoms with E-state index in [9.17, 15) is 9.59 Å². The molecule has 0 atom stereocenters. The lowest BCUT2D eigenvalue weighted by atomic mass is 9.98. The summed E-state index contributed by atoms with van der Waals surface area (Å²) >= 11 is 0. The van der Waals surface area contributed by atoms with Crippen molar-refractivity contribution in [1.82, 2.24) is 10.6 Å². The summed E-state index contributed by atoms with van der Waals surface area (Å²) in [6.07, 6.45) is 10.1. The fourth-order valence-corrected chi connectivity index (χ4v) is 3.46. The van der Waals surface area contributed by atoms with E-state index in [0.717, 1.165) is 12.8 Å². The monoisotopic (exact) mass is 426 g/mol. The number of rotatable bonds is 10. The van der Waals surface area contributed by atoms with E-state index in [1.165, 1.54) is 31.6 Å². The summed E-state index contributed by atoms with van der Waals surface area (Å²) in [5.74, 6) is 0.351. The Kier molecular flexibility index (Phi) is 8.72. The first kappa shape index (κ1) is 22.6. The molecule has 7 heteroatoms. The molecule has 2 aromatic rings. The number of benzene rings is 1. The van der Waals surface area contributed by atoms with Crippen molar-refractivity contribution >= 4 is 17.9 Å². The number of amides is 2. The molecule has 1 aromatic heterocycles. The Balaban J connectivity index is 1.53. The van der Waals surface area contributed by atoms with Crippen LogP contribution in [0.4, 0.5) is 0 Å². The number of methoxy groups -OCH3 is 1. The number of furan rings is 1. The molecule has 1 fully saturated rings. The molecule has 1 aromatic carbocycles. The fourth-order valence-electron chi connectivity index (χ4n) is 3.46. The lowest BCUT2D eigenvalue weighted by molar-refractivity contribution is -0.117. The molecule has 166 valence electrons. The number of ether oxygens (including phenoxy) is 2. The van der Waals surface area contributed by atoms with Crippen LogP contribution in [0, 0.1) is 0 Å². The van der Waals surface area contributed by atoms with Crippen molar-refractivity contribution < 1.29 is 23.5 Å². The molecular weight excluding hydrogens is 396 g/mol. The predicted octanol–water partition coefficient (Wildman–Crippen LogP) is 3.91. The van der Waals surface area contributed by atoms with Gasteiger partial charge in [-0.25, -0.2) is 0 Å².